The van der Waals surface area contributed by atoms with E-state index < -0.39 is 5.97 Å². The Morgan fingerprint density at radius 1 is 1.53 bits per heavy atom. The van der Waals surface area contributed by atoms with Gasteiger partial charge in [-0.1, -0.05) is 39.7 Å². The summed E-state index contributed by atoms with van der Waals surface area (Å²) in [5.41, 5.74) is 0. The predicted octanol–water partition coefficient (Wildman–Crippen LogP) is 3.11. The van der Waals surface area contributed by atoms with Crippen LogP contribution < -0.4 is 0 Å². The van der Waals surface area contributed by atoms with Crippen molar-refractivity contribution in [2.24, 2.45) is 5.92 Å². The molecule has 0 fully saturated rings. The summed E-state index contributed by atoms with van der Waals surface area (Å²) in [5, 5.41) is 7.60. The molecule has 15 heavy (non-hydrogen) atoms. The second-order valence-corrected chi connectivity index (χ2v) is 3.41. The molecule has 1 N–H and O–H groups in total. The molecule has 0 aliphatic heterocycles. The molecule has 0 aromatic carbocycles. The van der Waals surface area contributed by atoms with Gasteiger partial charge in [0.1, 0.15) is 0 Å². The molecule has 3 nitrogen and oxygen atoms in total. The molecule has 0 aliphatic carbocycles. The molecule has 1 atom stereocenters. The highest BCUT2D eigenvalue weighted by molar-refractivity contribution is 5.78. The average Bonchev–Trinajstić information content (AvgIpc) is 2.25. The van der Waals surface area contributed by atoms with E-state index in [0.717, 1.165) is 18.6 Å². The summed E-state index contributed by atoms with van der Waals surface area (Å²) >= 11 is 0. The van der Waals surface area contributed by atoms with Gasteiger partial charge in [-0.3, -0.25) is 0 Å². The summed E-state index contributed by atoms with van der Waals surface area (Å²) < 4.78 is 5.09. The first-order chi connectivity index (χ1) is 7.12. The Hall–Kier alpha value is -0.830. The van der Waals surface area contributed by atoms with Crippen LogP contribution in [-0.4, -0.2) is 24.8 Å². The van der Waals surface area contributed by atoms with E-state index in [-0.39, 0.29) is 0 Å². The molecule has 0 radical (unpaired) electrons. The fourth-order valence-corrected chi connectivity index (χ4v) is 1.13. The van der Waals surface area contributed by atoms with Crippen LogP contribution in [0.3, 0.4) is 0 Å². The minimum Gasteiger partial charge on any atom is -0.478 e. The molecular weight excluding hydrogens is 192 g/mol. The molecule has 0 saturated carbocycles. The van der Waals surface area contributed by atoms with Crippen molar-refractivity contribution in [2.75, 3.05) is 13.7 Å². The van der Waals surface area contributed by atoms with Gasteiger partial charge >= 0.3 is 5.97 Å². The first-order valence-electron chi connectivity index (χ1n) is 5.46. The number of ether oxygens (including phenoxy) is 1. The van der Waals surface area contributed by atoms with E-state index in [1.165, 1.54) is 25.7 Å². The van der Waals surface area contributed by atoms with Crippen molar-refractivity contribution in [1.82, 2.24) is 0 Å². The average molecular weight is 216 g/mol. The summed E-state index contributed by atoms with van der Waals surface area (Å²) in [6.07, 6.45) is 6.08. The van der Waals surface area contributed by atoms with Crippen LogP contribution in [0.15, 0.2) is 12.7 Å². The molecule has 0 rings (SSSR count). The fourth-order valence-electron chi connectivity index (χ4n) is 1.13. The highest BCUT2D eigenvalue weighted by Crippen LogP contribution is 2.11. The minimum absolute atomic E-state index is 0.796. The molecule has 0 aromatic rings. The predicted molar refractivity (Wildman–Crippen MR) is 63.0 cm³/mol. The number of hydrogen-bond donors (Lipinski definition) is 1. The summed E-state index contributed by atoms with van der Waals surface area (Å²) in [5.74, 6) is -0.185. The number of carboxylic acids is 1. The van der Waals surface area contributed by atoms with E-state index in [1.807, 2.05) is 0 Å². The lowest BCUT2D eigenvalue weighted by Gasteiger charge is -2.11. The number of carbonyl (C=O) groups is 1. The molecule has 0 amide bonds. The maximum atomic E-state index is 9.25. The molecule has 0 spiro atoms. The van der Waals surface area contributed by atoms with Crippen LogP contribution in [0.5, 0.6) is 0 Å². The van der Waals surface area contributed by atoms with Crippen LogP contribution in [0, 0.1) is 5.92 Å². The Morgan fingerprint density at radius 2 is 2.07 bits per heavy atom. The number of unbranched alkanes of at least 4 members (excludes halogenated alkanes) is 1. The third-order valence-corrected chi connectivity index (χ3v) is 2.12. The molecule has 0 aliphatic rings. The molecule has 0 heterocycles. The van der Waals surface area contributed by atoms with E-state index in [4.69, 9.17) is 9.84 Å². The van der Waals surface area contributed by atoms with Gasteiger partial charge in [0.15, 0.2) is 0 Å². The third-order valence-electron chi connectivity index (χ3n) is 2.12. The Bertz CT molecular complexity index is 155. The second-order valence-electron chi connectivity index (χ2n) is 3.41. The van der Waals surface area contributed by atoms with Crippen molar-refractivity contribution in [1.29, 1.82) is 0 Å². The van der Waals surface area contributed by atoms with Crippen LogP contribution in [0.4, 0.5) is 0 Å². The zero-order valence-electron chi connectivity index (χ0n) is 10.2. The van der Waals surface area contributed by atoms with Gasteiger partial charge in [-0.15, -0.1) is 0 Å². The summed E-state index contributed by atoms with van der Waals surface area (Å²) in [7, 11) is 1.79. The van der Waals surface area contributed by atoms with Crippen LogP contribution in [0.25, 0.3) is 0 Å². The number of rotatable bonds is 7. The summed E-state index contributed by atoms with van der Waals surface area (Å²) in [4.78, 5) is 9.25. The fraction of sp³-hybridized carbons (Fsp3) is 0.750. The molecule has 0 bridgehead atoms. The van der Waals surface area contributed by atoms with Crippen molar-refractivity contribution >= 4 is 5.97 Å². The standard InChI is InChI=1S/C9H20O.C3H4O2/c1-4-6-7-9(5-2)8-10-3;1-2-3(4)5/h9H,4-8H2,1-3H3;2H,1H2,(H,4,5). The summed E-state index contributed by atoms with van der Waals surface area (Å²) in [6, 6.07) is 0. The number of hydrogen-bond acceptors (Lipinski definition) is 2. The van der Waals surface area contributed by atoms with Crippen LogP contribution in [0.2, 0.25) is 0 Å². The summed E-state index contributed by atoms with van der Waals surface area (Å²) in [6.45, 7) is 8.37. The Balaban J connectivity index is 0. The van der Waals surface area contributed by atoms with E-state index in [9.17, 15) is 4.79 Å². The van der Waals surface area contributed by atoms with Gasteiger partial charge in [-0.2, -0.15) is 0 Å². The third kappa shape index (κ3) is 15.9. The Labute approximate surface area is 93.1 Å². The quantitative estimate of drug-likeness (QED) is 0.665. The van der Waals surface area contributed by atoms with Crippen molar-refractivity contribution in [3.8, 4) is 0 Å². The SMILES string of the molecule is C=CC(=O)O.CCCCC(CC)COC. The largest absolute Gasteiger partial charge is 0.478 e. The van der Waals surface area contributed by atoms with Gasteiger partial charge in [0.05, 0.1) is 0 Å². The lowest BCUT2D eigenvalue weighted by atomic mass is 10.0. The maximum absolute atomic E-state index is 9.25. The van der Waals surface area contributed by atoms with E-state index in [2.05, 4.69) is 20.4 Å². The lowest BCUT2D eigenvalue weighted by Crippen LogP contribution is -2.06. The van der Waals surface area contributed by atoms with Crippen LogP contribution in [0.1, 0.15) is 39.5 Å². The molecule has 3 heteroatoms. The van der Waals surface area contributed by atoms with E-state index in [0.29, 0.717) is 0 Å². The number of methoxy groups -OCH3 is 1. The first kappa shape index (κ1) is 16.6. The lowest BCUT2D eigenvalue weighted by molar-refractivity contribution is -0.131. The van der Waals surface area contributed by atoms with Gasteiger partial charge < -0.3 is 9.84 Å². The molecule has 90 valence electrons. The molecular formula is C12H24O3. The van der Waals surface area contributed by atoms with Crippen molar-refractivity contribution in [3.63, 3.8) is 0 Å². The van der Waals surface area contributed by atoms with E-state index in [1.54, 1.807) is 7.11 Å². The van der Waals surface area contributed by atoms with Crippen molar-refractivity contribution < 1.29 is 14.6 Å². The van der Waals surface area contributed by atoms with Crippen LogP contribution >= 0.6 is 0 Å². The second kappa shape index (κ2) is 13.2. The highest BCUT2D eigenvalue weighted by atomic mass is 16.5. The van der Waals surface area contributed by atoms with Gasteiger partial charge in [0.2, 0.25) is 0 Å². The Morgan fingerprint density at radius 3 is 2.33 bits per heavy atom. The smallest absolute Gasteiger partial charge is 0.327 e. The zero-order chi connectivity index (χ0) is 12.1. The zero-order valence-corrected chi connectivity index (χ0v) is 10.2. The van der Waals surface area contributed by atoms with Gasteiger partial charge in [-0.05, 0) is 12.3 Å². The maximum Gasteiger partial charge on any atom is 0.327 e. The highest BCUT2D eigenvalue weighted by Gasteiger charge is 2.03. The number of carboxylic acid groups (broad SMARTS) is 1. The van der Waals surface area contributed by atoms with Crippen LogP contribution in [-0.2, 0) is 9.53 Å². The van der Waals surface area contributed by atoms with E-state index >= 15 is 0 Å². The Kier molecular flexibility index (Phi) is 14.6. The monoisotopic (exact) mass is 216 g/mol. The van der Waals surface area contributed by atoms with Gasteiger partial charge in [0, 0.05) is 19.8 Å². The van der Waals surface area contributed by atoms with Gasteiger partial charge in [0.25, 0.3) is 0 Å². The van der Waals surface area contributed by atoms with Gasteiger partial charge in [-0.25, -0.2) is 4.79 Å². The topological polar surface area (TPSA) is 46.5 Å². The minimum atomic E-state index is -0.981. The number of aliphatic carboxylic acids is 1. The normalized spacial score (nSPS) is 11.1. The van der Waals surface area contributed by atoms with Crippen molar-refractivity contribution in [3.05, 3.63) is 12.7 Å². The van der Waals surface area contributed by atoms with Crippen molar-refractivity contribution in [2.45, 2.75) is 39.5 Å². The molecule has 1 unspecified atom stereocenters. The first-order valence-corrected chi connectivity index (χ1v) is 5.46. The molecule has 0 aromatic heterocycles. The molecule has 0 saturated heterocycles.